The number of benzene rings is 1. The van der Waals surface area contributed by atoms with Crippen molar-refractivity contribution in [2.75, 3.05) is 24.5 Å². The molecule has 3 rings (SSSR count). The molecule has 1 amide bonds. The van der Waals surface area contributed by atoms with Crippen LogP contribution in [0.2, 0.25) is 0 Å². The Morgan fingerprint density at radius 2 is 1.77 bits per heavy atom. The Morgan fingerprint density at radius 3 is 2.35 bits per heavy atom. The summed E-state index contributed by atoms with van der Waals surface area (Å²) in [5.74, 6) is 0.459. The van der Waals surface area contributed by atoms with E-state index in [4.69, 9.17) is 0 Å². The molecule has 0 saturated carbocycles. The number of hydrogen-bond donors (Lipinski definition) is 2. The molecular formula is C22H35N3O. The predicted molar refractivity (Wildman–Crippen MR) is 109 cm³/mol. The molecule has 0 aromatic heterocycles. The molecule has 26 heavy (non-hydrogen) atoms. The van der Waals surface area contributed by atoms with Crippen molar-refractivity contribution in [3.05, 3.63) is 29.8 Å². The van der Waals surface area contributed by atoms with Gasteiger partial charge in [0.1, 0.15) is 0 Å². The second kappa shape index (κ2) is 7.99. The number of rotatable bonds is 3. The van der Waals surface area contributed by atoms with E-state index in [-0.39, 0.29) is 17.2 Å². The van der Waals surface area contributed by atoms with Crippen molar-refractivity contribution < 1.29 is 4.79 Å². The van der Waals surface area contributed by atoms with Gasteiger partial charge in [-0.15, -0.1) is 0 Å². The maximum Gasteiger partial charge on any atom is 0.223 e. The van der Waals surface area contributed by atoms with E-state index in [9.17, 15) is 4.79 Å². The smallest absolute Gasteiger partial charge is 0.223 e. The van der Waals surface area contributed by atoms with Crippen molar-refractivity contribution in [1.29, 1.82) is 0 Å². The monoisotopic (exact) mass is 357 g/mol. The van der Waals surface area contributed by atoms with Gasteiger partial charge in [0.05, 0.1) is 0 Å². The Balaban J connectivity index is 1.49. The summed E-state index contributed by atoms with van der Waals surface area (Å²) in [5.41, 5.74) is 2.87. The molecule has 2 aliphatic heterocycles. The number of nitrogens with zero attached hydrogens (tertiary/aromatic N) is 1. The first kappa shape index (κ1) is 19.2. The van der Waals surface area contributed by atoms with E-state index in [1.165, 1.54) is 11.3 Å². The third-order valence-corrected chi connectivity index (χ3v) is 5.93. The Bertz CT molecular complexity index is 597. The van der Waals surface area contributed by atoms with E-state index in [1.54, 1.807) is 0 Å². The van der Waals surface area contributed by atoms with Crippen LogP contribution in [0, 0.1) is 5.92 Å². The fourth-order valence-electron chi connectivity index (χ4n) is 4.14. The molecule has 0 spiro atoms. The number of carbonyl (C=O) groups is 1. The number of hydrogen-bond acceptors (Lipinski definition) is 3. The lowest BCUT2D eigenvalue weighted by Crippen LogP contribution is -2.48. The van der Waals surface area contributed by atoms with Crippen molar-refractivity contribution in [2.24, 2.45) is 5.92 Å². The third kappa shape index (κ3) is 4.79. The van der Waals surface area contributed by atoms with Gasteiger partial charge in [-0.2, -0.15) is 0 Å². The largest absolute Gasteiger partial charge is 0.371 e. The molecule has 2 N–H and O–H groups in total. The summed E-state index contributed by atoms with van der Waals surface area (Å²) in [7, 11) is 0. The minimum Gasteiger partial charge on any atom is -0.371 e. The van der Waals surface area contributed by atoms with Gasteiger partial charge in [-0.3, -0.25) is 4.79 Å². The molecule has 2 atom stereocenters. The molecule has 4 heteroatoms. The van der Waals surface area contributed by atoms with Gasteiger partial charge in [0, 0.05) is 36.8 Å². The van der Waals surface area contributed by atoms with Crippen molar-refractivity contribution in [2.45, 2.75) is 70.9 Å². The standard InChI is InChI=1S/C22H35N3O/c1-16-15-17(9-12-23-16)21(26)24-19-10-13-25(14-11-19)20-7-5-18(6-8-20)22(2,3)4/h5-8,16-17,19,23H,9-15H2,1-4H3,(H,24,26)/t16-,17-/m0/s1. The molecule has 1 aromatic carbocycles. The van der Waals surface area contributed by atoms with E-state index in [1.807, 2.05) is 0 Å². The van der Waals surface area contributed by atoms with E-state index in [0.29, 0.717) is 12.1 Å². The normalized spacial score (nSPS) is 25.2. The minimum absolute atomic E-state index is 0.189. The molecule has 0 bridgehead atoms. The first-order valence-electron chi connectivity index (χ1n) is 10.2. The molecule has 0 unspecified atom stereocenters. The van der Waals surface area contributed by atoms with Crippen LogP contribution >= 0.6 is 0 Å². The Hall–Kier alpha value is -1.55. The van der Waals surface area contributed by atoms with Gasteiger partial charge in [0.2, 0.25) is 5.91 Å². The van der Waals surface area contributed by atoms with Crippen LogP contribution in [0.15, 0.2) is 24.3 Å². The van der Waals surface area contributed by atoms with Crippen LogP contribution in [0.1, 0.15) is 58.9 Å². The number of nitrogens with one attached hydrogen (secondary N) is 2. The number of piperidine rings is 2. The van der Waals surface area contributed by atoms with E-state index in [0.717, 1.165) is 45.3 Å². The van der Waals surface area contributed by atoms with Crippen LogP contribution < -0.4 is 15.5 Å². The summed E-state index contributed by atoms with van der Waals surface area (Å²) in [5, 5.41) is 6.74. The average molecular weight is 358 g/mol. The highest BCUT2D eigenvalue weighted by atomic mass is 16.1. The Morgan fingerprint density at radius 1 is 1.12 bits per heavy atom. The highest BCUT2D eigenvalue weighted by molar-refractivity contribution is 5.79. The Kier molecular flexibility index (Phi) is 5.91. The number of amides is 1. The zero-order valence-electron chi connectivity index (χ0n) is 16.8. The molecule has 4 nitrogen and oxygen atoms in total. The van der Waals surface area contributed by atoms with Crippen LogP contribution in [0.4, 0.5) is 5.69 Å². The van der Waals surface area contributed by atoms with E-state index in [2.05, 4.69) is 67.5 Å². The van der Waals surface area contributed by atoms with Gasteiger partial charge in [0.15, 0.2) is 0 Å². The fourth-order valence-corrected chi connectivity index (χ4v) is 4.14. The average Bonchev–Trinajstić information content (AvgIpc) is 2.62. The number of carbonyl (C=O) groups excluding carboxylic acids is 1. The summed E-state index contributed by atoms with van der Waals surface area (Å²) in [6.45, 7) is 11.9. The minimum atomic E-state index is 0.189. The van der Waals surface area contributed by atoms with Crippen LogP contribution in [0.5, 0.6) is 0 Å². The van der Waals surface area contributed by atoms with E-state index < -0.39 is 0 Å². The molecular weight excluding hydrogens is 322 g/mol. The molecule has 144 valence electrons. The first-order chi connectivity index (χ1) is 12.3. The molecule has 2 aliphatic rings. The van der Waals surface area contributed by atoms with E-state index >= 15 is 0 Å². The zero-order chi connectivity index (χ0) is 18.7. The summed E-state index contributed by atoms with van der Waals surface area (Å²) >= 11 is 0. The molecule has 2 fully saturated rings. The maximum atomic E-state index is 12.5. The summed E-state index contributed by atoms with van der Waals surface area (Å²) in [4.78, 5) is 15.0. The van der Waals surface area contributed by atoms with Crippen molar-refractivity contribution in [3.8, 4) is 0 Å². The topological polar surface area (TPSA) is 44.4 Å². The fraction of sp³-hybridized carbons (Fsp3) is 0.682. The summed E-state index contributed by atoms with van der Waals surface area (Å²) in [6, 6.07) is 9.78. The van der Waals surface area contributed by atoms with Gasteiger partial charge in [-0.25, -0.2) is 0 Å². The molecule has 2 heterocycles. The number of anilines is 1. The summed E-state index contributed by atoms with van der Waals surface area (Å²) in [6.07, 6.45) is 4.00. The molecule has 2 saturated heterocycles. The van der Waals surface area contributed by atoms with Gasteiger partial charge >= 0.3 is 0 Å². The zero-order valence-corrected chi connectivity index (χ0v) is 16.8. The van der Waals surface area contributed by atoms with Crippen molar-refractivity contribution >= 4 is 11.6 Å². The molecule has 0 radical (unpaired) electrons. The van der Waals surface area contributed by atoms with Crippen molar-refractivity contribution in [3.63, 3.8) is 0 Å². The van der Waals surface area contributed by atoms with Crippen LogP contribution in [-0.2, 0) is 10.2 Å². The maximum absolute atomic E-state index is 12.5. The van der Waals surface area contributed by atoms with Gasteiger partial charge in [-0.1, -0.05) is 32.9 Å². The van der Waals surface area contributed by atoms with Crippen LogP contribution in [-0.4, -0.2) is 37.6 Å². The van der Waals surface area contributed by atoms with Gasteiger partial charge in [-0.05, 0) is 62.3 Å². The molecule has 1 aromatic rings. The second-order valence-corrected chi connectivity index (χ2v) is 9.14. The lowest BCUT2D eigenvalue weighted by molar-refractivity contribution is -0.126. The lowest BCUT2D eigenvalue weighted by atomic mass is 9.87. The summed E-state index contributed by atoms with van der Waals surface area (Å²) < 4.78 is 0. The SMILES string of the molecule is C[C@H]1C[C@@H](C(=O)NC2CCN(c3ccc(C(C)(C)C)cc3)CC2)CCN1. The Labute approximate surface area is 158 Å². The van der Waals surface area contributed by atoms with Crippen molar-refractivity contribution in [1.82, 2.24) is 10.6 Å². The quantitative estimate of drug-likeness (QED) is 0.871. The van der Waals surface area contributed by atoms with Crippen LogP contribution in [0.3, 0.4) is 0 Å². The highest BCUT2D eigenvalue weighted by Crippen LogP contribution is 2.26. The second-order valence-electron chi connectivity index (χ2n) is 9.14. The van der Waals surface area contributed by atoms with Crippen LogP contribution in [0.25, 0.3) is 0 Å². The van der Waals surface area contributed by atoms with Gasteiger partial charge in [0.25, 0.3) is 0 Å². The van der Waals surface area contributed by atoms with Gasteiger partial charge < -0.3 is 15.5 Å². The highest BCUT2D eigenvalue weighted by Gasteiger charge is 2.28. The third-order valence-electron chi connectivity index (χ3n) is 5.93. The predicted octanol–water partition coefficient (Wildman–Crippen LogP) is 3.46. The lowest BCUT2D eigenvalue weighted by Gasteiger charge is -2.35. The first-order valence-corrected chi connectivity index (χ1v) is 10.2. The molecule has 0 aliphatic carbocycles.